The van der Waals surface area contributed by atoms with Gasteiger partial charge in [0, 0.05) is 18.0 Å². The molecule has 0 saturated heterocycles. The normalized spacial score (nSPS) is 34.8. The number of amides is 1. The summed E-state index contributed by atoms with van der Waals surface area (Å²) in [7, 11) is 0. The van der Waals surface area contributed by atoms with Crippen molar-refractivity contribution in [3.8, 4) is 11.5 Å². The fourth-order valence-corrected chi connectivity index (χ4v) is 7.70. The van der Waals surface area contributed by atoms with Gasteiger partial charge in [-0.3, -0.25) is 4.79 Å². The van der Waals surface area contributed by atoms with E-state index in [9.17, 15) is 4.79 Å². The summed E-state index contributed by atoms with van der Waals surface area (Å²) in [5.74, 6) is 3.25. The molecule has 4 saturated carbocycles. The second-order valence-electron chi connectivity index (χ2n) is 9.80. The Hall–Kier alpha value is -1.42. The molecule has 1 heterocycles. The number of halogens is 1. The third-order valence-corrected chi connectivity index (χ3v) is 8.05. The summed E-state index contributed by atoms with van der Waals surface area (Å²) < 4.78 is 11.6. The lowest BCUT2D eigenvalue weighted by molar-refractivity contribution is -0.157. The van der Waals surface area contributed by atoms with Crippen molar-refractivity contribution in [1.82, 2.24) is 4.90 Å². The van der Waals surface area contributed by atoms with Crippen LogP contribution in [-0.4, -0.2) is 35.4 Å². The number of carbonyl (C=O) groups excluding carboxylic acids is 1. The van der Waals surface area contributed by atoms with Gasteiger partial charge in [-0.05, 0) is 93.9 Å². The predicted molar refractivity (Wildman–Crippen MR) is 114 cm³/mol. The summed E-state index contributed by atoms with van der Waals surface area (Å²) >= 11 is 6.99. The highest BCUT2D eigenvalue weighted by Crippen LogP contribution is 2.64. The maximum atomic E-state index is 13.8. The van der Waals surface area contributed by atoms with E-state index in [0.29, 0.717) is 37.5 Å². The maximum absolute atomic E-state index is 13.8. The number of carbonyl (C=O) groups is 1. The van der Waals surface area contributed by atoms with E-state index in [1.165, 1.54) is 17.5 Å². The quantitative estimate of drug-likeness (QED) is 0.636. The number of benzene rings is 1. The molecule has 5 aliphatic rings. The molecular weight excluding hydrogens is 386 g/mol. The highest BCUT2D eigenvalue weighted by atomic mass is 35.5. The zero-order chi connectivity index (χ0) is 20.2. The number of nitrogens with zero attached hydrogens (tertiary/aromatic N) is 1. The number of fused-ring (bicyclic) bond motifs is 1. The largest absolute Gasteiger partial charge is 0.490 e. The minimum absolute atomic E-state index is 0.123. The van der Waals surface area contributed by atoms with Gasteiger partial charge in [0.15, 0.2) is 11.5 Å². The van der Waals surface area contributed by atoms with Crippen molar-refractivity contribution in [2.24, 2.45) is 17.3 Å². The summed E-state index contributed by atoms with van der Waals surface area (Å²) in [5.41, 5.74) is 2.26. The number of hydrogen-bond acceptors (Lipinski definition) is 3. The Labute approximate surface area is 178 Å². The van der Waals surface area contributed by atoms with Crippen LogP contribution in [0.4, 0.5) is 0 Å². The van der Waals surface area contributed by atoms with Gasteiger partial charge in [0.25, 0.3) is 0 Å². The van der Waals surface area contributed by atoms with Crippen LogP contribution >= 0.6 is 11.6 Å². The molecule has 0 N–H and O–H groups in total. The molecule has 0 spiro atoms. The molecule has 4 fully saturated rings. The molecule has 1 aromatic carbocycles. The van der Waals surface area contributed by atoms with Crippen molar-refractivity contribution in [2.75, 3.05) is 19.8 Å². The van der Waals surface area contributed by atoms with Gasteiger partial charge in [-0.2, -0.15) is 0 Å². The van der Waals surface area contributed by atoms with Gasteiger partial charge in [0.1, 0.15) is 0 Å². The molecule has 1 aromatic rings. The van der Waals surface area contributed by atoms with Gasteiger partial charge < -0.3 is 14.4 Å². The van der Waals surface area contributed by atoms with Gasteiger partial charge in [-0.25, -0.2) is 0 Å². The average Bonchev–Trinajstić information content (AvgIpc) is 2.66. The summed E-state index contributed by atoms with van der Waals surface area (Å²) in [6, 6.07) is 4.20. The van der Waals surface area contributed by atoms with Crippen LogP contribution in [0.2, 0.25) is 0 Å². The van der Waals surface area contributed by atoms with Crippen molar-refractivity contribution >= 4 is 17.5 Å². The van der Waals surface area contributed by atoms with Crippen LogP contribution in [0.1, 0.15) is 63.5 Å². The predicted octanol–water partition coefficient (Wildman–Crippen LogP) is 4.95. The van der Waals surface area contributed by atoms with E-state index >= 15 is 0 Å². The summed E-state index contributed by atoms with van der Waals surface area (Å²) in [4.78, 5) is 15.8. The Balaban J connectivity index is 1.39. The maximum Gasteiger partial charge on any atom is 0.229 e. The number of rotatable bonds is 5. The Kier molecular flexibility index (Phi) is 4.77. The average molecular weight is 418 g/mol. The van der Waals surface area contributed by atoms with E-state index < -0.39 is 0 Å². The Morgan fingerprint density at radius 3 is 2.28 bits per heavy atom. The van der Waals surface area contributed by atoms with Crippen LogP contribution in [0.25, 0.3) is 0 Å². The van der Waals surface area contributed by atoms with Crippen LogP contribution in [0.3, 0.4) is 0 Å². The lowest BCUT2D eigenvalue weighted by atomic mass is 9.49. The highest BCUT2D eigenvalue weighted by molar-refractivity contribution is 6.24. The molecule has 6 rings (SSSR count). The highest BCUT2D eigenvalue weighted by Gasteiger charge is 2.60. The van der Waals surface area contributed by atoms with E-state index in [2.05, 4.69) is 17.0 Å². The van der Waals surface area contributed by atoms with Crippen LogP contribution in [0, 0.1) is 17.3 Å². The minimum Gasteiger partial charge on any atom is -0.490 e. The first-order chi connectivity index (χ1) is 13.9. The van der Waals surface area contributed by atoms with Gasteiger partial charge in [-0.1, -0.05) is 0 Å². The lowest BCUT2D eigenvalue weighted by Crippen LogP contribution is -2.59. The Morgan fingerprint density at radius 1 is 1.07 bits per heavy atom. The van der Waals surface area contributed by atoms with E-state index in [1.807, 2.05) is 13.8 Å². The molecule has 0 radical (unpaired) electrons. The molecule has 4 nitrogen and oxygen atoms in total. The fraction of sp³-hybridized carbons (Fsp3) is 0.708. The van der Waals surface area contributed by atoms with Crippen molar-refractivity contribution in [3.05, 3.63) is 23.3 Å². The van der Waals surface area contributed by atoms with E-state index in [0.717, 1.165) is 56.6 Å². The monoisotopic (exact) mass is 417 g/mol. The molecule has 1 aliphatic heterocycles. The van der Waals surface area contributed by atoms with E-state index in [1.54, 1.807) is 0 Å². The number of ether oxygens (including phenoxy) is 2. The first-order valence-electron chi connectivity index (χ1n) is 11.3. The zero-order valence-electron chi connectivity index (χ0n) is 17.6. The second kappa shape index (κ2) is 7.08. The standard InChI is InChI=1S/C24H32ClNO3/c1-3-28-20-8-18-5-6-26(14-19(18)9-21(20)29-4-2)22(27)23-10-16-7-17(11-23)13-24(25,12-16)15-23/h8-9,16-17H,3-7,10-15H2,1-2H3/t16-,17+,23?,24?. The van der Waals surface area contributed by atoms with Crippen molar-refractivity contribution in [3.63, 3.8) is 0 Å². The van der Waals surface area contributed by atoms with Gasteiger partial charge in [-0.15, -0.1) is 11.6 Å². The number of hydrogen-bond donors (Lipinski definition) is 0. The summed E-state index contributed by atoms with van der Waals surface area (Å²) in [5, 5.41) is 0. The minimum atomic E-state index is -0.211. The molecule has 1 amide bonds. The van der Waals surface area contributed by atoms with Crippen LogP contribution in [0.15, 0.2) is 12.1 Å². The fourth-order valence-electron chi connectivity index (χ4n) is 7.01. The van der Waals surface area contributed by atoms with Gasteiger partial charge in [0.2, 0.25) is 5.91 Å². The first-order valence-corrected chi connectivity index (χ1v) is 11.7. The molecule has 2 unspecified atom stereocenters. The smallest absolute Gasteiger partial charge is 0.229 e. The molecular formula is C24H32ClNO3. The van der Waals surface area contributed by atoms with Crippen molar-refractivity contribution in [1.29, 1.82) is 0 Å². The Bertz CT molecular complexity index is 809. The van der Waals surface area contributed by atoms with E-state index in [4.69, 9.17) is 21.1 Å². The second-order valence-corrected chi connectivity index (χ2v) is 10.6. The number of alkyl halides is 1. The van der Waals surface area contributed by atoms with Crippen LogP contribution in [-0.2, 0) is 17.8 Å². The molecule has 0 aromatic heterocycles. The molecule has 5 heteroatoms. The third kappa shape index (κ3) is 3.32. The van der Waals surface area contributed by atoms with Crippen molar-refractivity contribution in [2.45, 2.75) is 70.2 Å². The van der Waals surface area contributed by atoms with E-state index in [-0.39, 0.29) is 10.3 Å². The zero-order valence-corrected chi connectivity index (χ0v) is 18.4. The molecule has 4 bridgehead atoms. The van der Waals surface area contributed by atoms with Gasteiger partial charge in [0.05, 0.1) is 18.6 Å². The SMILES string of the molecule is CCOc1cc2c(cc1OCC)CN(C(=O)C13C[C@@H]4C[C@@H](CC(Cl)(C4)C1)C3)CC2. The molecule has 4 aliphatic carbocycles. The summed E-state index contributed by atoms with van der Waals surface area (Å²) in [6.45, 7) is 6.66. The lowest BCUT2D eigenvalue weighted by Gasteiger charge is -2.60. The van der Waals surface area contributed by atoms with Gasteiger partial charge >= 0.3 is 0 Å². The first kappa shape index (κ1) is 19.5. The Morgan fingerprint density at radius 2 is 1.69 bits per heavy atom. The van der Waals surface area contributed by atoms with Crippen molar-refractivity contribution < 1.29 is 14.3 Å². The summed E-state index contributed by atoms with van der Waals surface area (Å²) in [6.07, 6.45) is 7.36. The molecule has 4 atom stereocenters. The van der Waals surface area contributed by atoms with Crippen LogP contribution in [0.5, 0.6) is 11.5 Å². The van der Waals surface area contributed by atoms with Crippen LogP contribution < -0.4 is 9.47 Å². The molecule has 29 heavy (non-hydrogen) atoms. The molecule has 158 valence electrons. The topological polar surface area (TPSA) is 38.8 Å². The third-order valence-electron chi connectivity index (χ3n) is 7.61.